The van der Waals surface area contributed by atoms with Gasteiger partial charge in [0.05, 0.1) is 0 Å². The van der Waals surface area contributed by atoms with Crippen molar-refractivity contribution in [2.24, 2.45) is 0 Å². The van der Waals surface area contributed by atoms with Crippen molar-refractivity contribution in [2.75, 3.05) is 14.1 Å². The van der Waals surface area contributed by atoms with Crippen molar-refractivity contribution in [3.05, 3.63) is 0 Å². The highest BCUT2D eigenvalue weighted by Gasteiger charge is 2.92. The molecular formula is C10H10F15NO3S. The van der Waals surface area contributed by atoms with Gasteiger partial charge in [-0.15, -0.1) is 0 Å². The summed E-state index contributed by atoms with van der Waals surface area (Å²) in [5.41, 5.74) is 0. The van der Waals surface area contributed by atoms with E-state index in [1.54, 1.807) is 0 Å². The Bertz CT molecular complexity index is 685. The SMILES string of the molecule is CNC.O=S(=O)(O)C(F)(F)C(F)(F)C(F)(F)C(F)(F)C(F)(F)C(F)(F)CC(F)(F)F. The van der Waals surface area contributed by atoms with Gasteiger partial charge in [-0.2, -0.15) is 74.3 Å². The van der Waals surface area contributed by atoms with Crippen LogP contribution in [0.4, 0.5) is 65.9 Å². The topological polar surface area (TPSA) is 66.4 Å². The fraction of sp³-hybridized carbons (Fsp3) is 1.00. The average Bonchev–Trinajstić information content (AvgIpc) is 2.43. The molecule has 0 spiro atoms. The lowest BCUT2D eigenvalue weighted by Gasteiger charge is -2.40. The Morgan fingerprint density at radius 1 is 0.633 bits per heavy atom. The molecule has 2 N–H and O–H groups in total. The number of hydrogen-bond acceptors (Lipinski definition) is 3. The van der Waals surface area contributed by atoms with Crippen LogP contribution >= 0.6 is 0 Å². The normalized spacial score (nSPS) is 15.5. The summed E-state index contributed by atoms with van der Waals surface area (Å²) in [4.78, 5) is 0. The Morgan fingerprint density at radius 2 is 0.900 bits per heavy atom. The molecule has 0 atom stereocenters. The number of rotatable bonds is 7. The van der Waals surface area contributed by atoms with Crippen LogP contribution in [0.15, 0.2) is 0 Å². The van der Waals surface area contributed by atoms with E-state index in [0.717, 1.165) is 0 Å². The minimum Gasteiger partial charge on any atom is -0.323 e. The second-order valence-corrected chi connectivity index (χ2v) is 6.75. The summed E-state index contributed by atoms with van der Waals surface area (Å²) < 4.78 is 217. The Balaban J connectivity index is 0. The molecule has 0 aromatic rings. The maximum atomic E-state index is 13.0. The number of alkyl halides is 15. The molecule has 20 heteroatoms. The van der Waals surface area contributed by atoms with Crippen LogP contribution in [-0.2, 0) is 10.1 Å². The van der Waals surface area contributed by atoms with Crippen LogP contribution in [0.1, 0.15) is 6.42 Å². The minimum absolute atomic E-state index is 1.88. The van der Waals surface area contributed by atoms with E-state index in [4.69, 9.17) is 4.55 Å². The van der Waals surface area contributed by atoms with E-state index in [0.29, 0.717) is 0 Å². The summed E-state index contributed by atoms with van der Waals surface area (Å²) in [6, 6.07) is 0. The first-order chi connectivity index (χ1) is 12.6. The van der Waals surface area contributed by atoms with E-state index in [1.165, 1.54) is 0 Å². The van der Waals surface area contributed by atoms with Gasteiger partial charge in [0.1, 0.15) is 6.42 Å². The molecule has 0 bridgehead atoms. The van der Waals surface area contributed by atoms with E-state index >= 15 is 0 Å². The monoisotopic (exact) mass is 509 g/mol. The molecule has 0 saturated heterocycles. The van der Waals surface area contributed by atoms with Crippen molar-refractivity contribution in [2.45, 2.75) is 47.5 Å². The quantitative estimate of drug-likeness (QED) is 0.394. The Hall–Kier alpha value is -1.18. The first-order valence-electron chi connectivity index (χ1n) is 6.51. The van der Waals surface area contributed by atoms with Gasteiger partial charge in [0.2, 0.25) is 0 Å². The van der Waals surface area contributed by atoms with Crippen molar-refractivity contribution in [3.8, 4) is 0 Å². The summed E-state index contributed by atoms with van der Waals surface area (Å²) in [7, 11) is -3.97. The summed E-state index contributed by atoms with van der Waals surface area (Å²) in [5.74, 6) is -40.2. The third-order valence-electron chi connectivity index (χ3n) is 2.75. The van der Waals surface area contributed by atoms with Crippen LogP contribution in [0.25, 0.3) is 0 Å². The lowest BCUT2D eigenvalue weighted by molar-refractivity contribution is -0.421. The summed E-state index contributed by atoms with van der Waals surface area (Å²) in [6.45, 7) is 0. The van der Waals surface area contributed by atoms with Gasteiger partial charge in [-0.25, -0.2) is 0 Å². The molecular weight excluding hydrogens is 499 g/mol. The molecule has 4 nitrogen and oxygen atoms in total. The molecule has 0 rings (SSSR count). The molecule has 0 unspecified atom stereocenters. The van der Waals surface area contributed by atoms with Crippen LogP contribution in [0.2, 0.25) is 0 Å². The lowest BCUT2D eigenvalue weighted by Crippen LogP contribution is -2.71. The molecule has 0 radical (unpaired) electrons. The molecule has 30 heavy (non-hydrogen) atoms. The molecule has 0 fully saturated rings. The predicted molar refractivity (Wildman–Crippen MR) is 66.9 cm³/mol. The number of hydrogen-bond donors (Lipinski definition) is 2. The summed E-state index contributed by atoms with van der Waals surface area (Å²) in [6.07, 6.45) is -10.7. The van der Waals surface area contributed by atoms with Crippen LogP contribution < -0.4 is 5.32 Å². The molecule has 0 aliphatic carbocycles. The van der Waals surface area contributed by atoms with E-state index in [9.17, 15) is 74.3 Å². The van der Waals surface area contributed by atoms with Crippen molar-refractivity contribution < 1.29 is 78.8 Å². The molecule has 0 amide bonds. The molecule has 184 valence electrons. The van der Waals surface area contributed by atoms with Crippen molar-refractivity contribution >= 4 is 10.1 Å². The molecule has 0 aliphatic rings. The van der Waals surface area contributed by atoms with Gasteiger partial charge in [0.25, 0.3) is 0 Å². The first kappa shape index (κ1) is 31.0. The zero-order valence-corrected chi connectivity index (χ0v) is 14.9. The van der Waals surface area contributed by atoms with E-state index < -0.39 is 57.6 Å². The zero-order valence-electron chi connectivity index (χ0n) is 14.0. The van der Waals surface area contributed by atoms with Gasteiger partial charge in [-0.3, -0.25) is 4.55 Å². The van der Waals surface area contributed by atoms with Gasteiger partial charge in [0.15, 0.2) is 0 Å². The van der Waals surface area contributed by atoms with Crippen LogP contribution in [0.3, 0.4) is 0 Å². The molecule has 0 saturated carbocycles. The lowest BCUT2D eigenvalue weighted by atomic mass is 9.93. The predicted octanol–water partition coefficient (Wildman–Crippen LogP) is 4.43. The second kappa shape index (κ2) is 8.40. The number of halogens is 15. The van der Waals surface area contributed by atoms with Crippen molar-refractivity contribution in [1.82, 2.24) is 5.32 Å². The molecule has 0 aliphatic heterocycles. The van der Waals surface area contributed by atoms with Crippen LogP contribution in [0, 0.1) is 0 Å². The molecule has 0 aromatic heterocycles. The third-order valence-corrected chi connectivity index (χ3v) is 3.66. The van der Waals surface area contributed by atoms with Gasteiger partial charge >= 0.3 is 51.2 Å². The van der Waals surface area contributed by atoms with Gasteiger partial charge < -0.3 is 5.32 Å². The highest BCUT2D eigenvalue weighted by atomic mass is 32.2. The van der Waals surface area contributed by atoms with Gasteiger partial charge in [-0.05, 0) is 14.1 Å². The second-order valence-electron chi connectivity index (χ2n) is 5.29. The zero-order chi connectivity index (χ0) is 25.4. The number of nitrogens with one attached hydrogen (secondary N) is 1. The average molecular weight is 509 g/mol. The largest absolute Gasteiger partial charge is 0.438 e. The smallest absolute Gasteiger partial charge is 0.323 e. The first-order valence-corrected chi connectivity index (χ1v) is 7.95. The highest BCUT2D eigenvalue weighted by molar-refractivity contribution is 7.87. The van der Waals surface area contributed by atoms with Crippen molar-refractivity contribution in [1.29, 1.82) is 0 Å². The van der Waals surface area contributed by atoms with E-state index in [2.05, 4.69) is 5.32 Å². The van der Waals surface area contributed by atoms with Crippen molar-refractivity contribution in [3.63, 3.8) is 0 Å². The van der Waals surface area contributed by atoms with E-state index in [1.807, 2.05) is 14.1 Å². The summed E-state index contributed by atoms with van der Waals surface area (Å²) >= 11 is 0. The van der Waals surface area contributed by atoms with Gasteiger partial charge in [0, 0.05) is 0 Å². The maximum absolute atomic E-state index is 13.0. The third kappa shape index (κ3) is 5.17. The van der Waals surface area contributed by atoms with Crippen LogP contribution in [0.5, 0.6) is 0 Å². The van der Waals surface area contributed by atoms with E-state index in [-0.39, 0.29) is 0 Å². The van der Waals surface area contributed by atoms with Crippen LogP contribution in [-0.4, -0.2) is 68.1 Å². The fourth-order valence-corrected chi connectivity index (χ4v) is 1.78. The maximum Gasteiger partial charge on any atom is 0.438 e. The highest BCUT2D eigenvalue weighted by Crippen LogP contribution is 2.61. The molecule has 0 aromatic carbocycles. The Labute approximate surface area is 157 Å². The molecule has 0 heterocycles. The standard InChI is InChI=1S/C8H3F15O3S.C2H7N/c9-2(10,1-3(11,12)13)4(14,15)5(16,17)6(18,19)7(20,21)8(22,23)27(24,25)26;1-3-2/h1H2,(H,24,25,26);3H,1-2H3. The fourth-order valence-electron chi connectivity index (χ4n) is 1.33. The Kier molecular flexibility index (Phi) is 8.68. The summed E-state index contributed by atoms with van der Waals surface area (Å²) in [5, 5.41) is -4.89. The van der Waals surface area contributed by atoms with Gasteiger partial charge in [-0.1, -0.05) is 0 Å². The Morgan fingerprint density at radius 3 is 1.13 bits per heavy atom. The minimum atomic E-state index is -8.40.